The summed E-state index contributed by atoms with van der Waals surface area (Å²) in [5.74, 6) is 5.38. The second-order valence-electron chi connectivity index (χ2n) is 3.78. The summed E-state index contributed by atoms with van der Waals surface area (Å²) in [7, 11) is 0. The van der Waals surface area contributed by atoms with E-state index < -0.39 is 6.61 Å². The normalized spacial score (nSPS) is 25.5. The van der Waals surface area contributed by atoms with Crippen LogP contribution in [0, 0.1) is 5.92 Å². The average molecular weight is 254 g/mol. The van der Waals surface area contributed by atoms with E-state index in [1.54, 1.807) is 0 Å². The van der Waals surface area contributed by atoms with Gasteiger partial charge in [-0.1, -0.05) is 0 Å². The van der Waals surface area contributed by atoms with Gasteiger partial charge in [0.25, 0.3) is 5.17 Å². The Hall–Kier alpha value is -0.530. The molecule has 0 amide bonds. The van der Waals surface area contributed by atoms with Crippen LogP contribution in [-0.2, 0) is 9.47 Å². The molecule has 1 aliphatic carbocycles. The molecule has 0 bridgehead atoms. The van der Waals surface area contributed by atoms with Gasteiger partial charge in [0, 0.05) is 0 Å². The van der Waals surface area contributed by atoms with E-state index in [4.69, 9.17) is 22.8 Å². The number of thiocarbonyl (C=S) groups is 1. The predicted octanol–water partition coefficient (Wildman–Crippen LogP) is 1.55. The zero-order valence-corrected chi connectivity index (χ0v) is 9.64. The van der Waals surface area contributed by atoms with Crippen molar-refractivity contribution in [3.63, 3.8) is 0 Å². The molecule has 1 saturated carbocycles. The summed E-state index contributed by atoms with van der Waals surface area (Å²) in [5.41, 5.74) is 2.22. The van der Waals surface area contributed by atoms with Crippen LogP contribution >= 0.6 is 12.2 Å². The van der Waals surface area contributed by atoms with Crippen molar-refractivity contribution in [3.05, 3.63) is 0 Å². The van der Waals surface area contributed by atoms with Gasteiger partial charge in [-0.2, -0.15) is 8.78 Å². The fourth-order valence-corrected chi connectivity index (χ4v) is 1.88. The Balaban J connectivity index is 2.14. The topological polar surface area (TPSA) is 56.5 Å². The lowest BCUT2D eigenvalue weighted by atomic mass is 9.88. The molecule has 0 unspecified atom stereocenters. The predicted molar refractivity (Wildman–Crippen MR) is 58.7 cm³/mol. The first-order valence-electron chi connectivity index (χ1n) is 5.18. The monoisotopic (exact) mass is 254 g/mol. The summed E-state index contributed by atoms with van der Waals surface area (Å²) in [4.78, 5) is 0. The molecule has 0 spiro atoms. The molecule has 0 saturated heterocycles. The molecule has 0 aromatic heterocycles. The summed E-state index contributed by atoms with van der Waals surface area (Å²) < 4.78 is 33.5. The second-order valence-corrected chi connectivity index (χ2v) is 4.15. The third kappa shape index (κ3) is 5.00. The van der Waals surface area contributed by atoms with Crippen LogP contribution in [0.15, 0.2) is 0 Å². The largest absolute Gasteiger partial charge is 0.470 e. The van der Waals surface area contributed by atoms with Gasteiger partial charge in [-0.25, -0.2) is 5.84 Å². The Kier molecular flexibility index (Phi) is 5.86. The number of hydrogen-bond acceptors (Lipinski definition) is 4. The molecule has 94 valence electrons. The van der Waals surface area contributed by atoms with E-state index in [0.717, 1.165) is 12.8 Å². The van der Waals surface area contributed by atoms with Crippen LogP contribution in [0.1, 0.15) is 25.7 Å². The lowest BCUT2D eigenvalue weighted by Crippen LogP contribution is -2.33. The zero-order chi connectivity index (χ0) is 12.0. The van der Waals surface area contributed by atoms with Crippen molar-refractivity contribution in [1.29, 1.82) is 0 Å². The van der Waals surface area contributed by atoms with E-state index in [9.17, 15) is 8.78 Å². The quantitative estimate of drug-likeness (QED) is 0.453. The van der Waals surface area contributed by atoms with Gasteiger partial charge in [-0.05, 0) is 43.8 Å². The number of rotatable bonds is 4. The fraction of sp³-hybridized carbons (Fsp3) is 0.889. The lowest BCUT2D eigenvalue weighted by Gasteiger charge is -2.28. The number of ether oxygens (including phenoxy) is 2. The maximum Gasteiger partial charge on any atom is 0.345 e. The van der Waals surface area contributed by atoms with Crippen LogP contribution in [0.25, 0.3) is 0 Å². The molecule has 1 aliphatic rings. The summed E-state index contributed by atoms with van der Waals surface area (Å²) in [6.45, 7) is -2.20. The molecule has 16 heavy (non-hydrogen) atoms. The highest BCUT2D eigenvalue weighted by atomic mass is 32.1. The highest BCUT2D eigenvalue weighted by Gasteiger charge is 2.24. The number of alkyl halides is 2. The number of hydrazine groups is 1. The van der Waals surface area contributed by atoms with Gasteiger partial charge in [0.15, 0.2) is 0 Å². The maximum absolute atomic E-state index is 11.9. The van der Waals surface area contributed by atoms with Gasteiger partial charge < -0.3 is 9.47 Å². The summed E-state index contributed by atoms with van der Waals surface area (Å²) >= 11 is 4.72. The molecule has 1 fully saturated rings. The maximum atomic E-state index is 11.9. The van der Waals surface area contributed by atoms with Gasteiger partial charge in [-0.3, -0.25) is 5.43 Å². The third-order valence-corrected chi connectivity index (χ3v) is 2.89. The van der Waals surface area contributed by atoms with Gasteiger partial charge in [0.05, 0.1) is 12.7 Å². The molecule has 0 aromatic rings. The Morgan fingerprint density at radius 1 is 1.38 bits per heavy atom. The second kappa shape index (κ2) is 6.93. The van der Waals surface area contributed by atoms with Crippen LogP contribution in [0.2, 0.25) is 0 Å². The minimum atomic E-state index is -2.67. The summed E-state index contributed by atoms with van der Waals surface area (Å²) in [6.07, 6.45) is 2.58. The van der Waals surface area contributed by atoms with Crippen molar-refractivity contribution in [2.24, 2.45) is 11.8 Å². The van der Waals surface area contributed by atoms with Crippen molar-refractivity contribution in [2.75, 3.05) is 6.61 Å². The van der Waals surface area contributed by atoms with Crippen molar-refractivity contribution < 1.29 is 18.3 Å². The Morgan fingerprint density at radius 3 is 2.50 bits per heavy atom. The van der Waals surface area contributed by atoms with Crippen molar-refractivity contribution in [3.8, 4) is 0 Å². The summed E-state index contributed by atoms with van der Waals surface area (Å²) in [6, 6.07) is 0. The van der Waals surface area contributed by atoms with E-state index in [0.29, 0.717) is 25.4 Å². The minimum absolute atomic E-state index is 0.158. The molecular formula is C9H16F2N2O2S. The molecule has 0 aliphatic heterocycles. The van der Waals surface area contributed by atoms with Crippen LogP contribution in [0.4, 0.5) is 8.78 Å². The molecule has 0 atom stereocenters. The number of hydrogen-bond donors (Lipinski definition) is 2. The van der Waals surface area contributed by atoms with Crippen molar-refractivity contribution in [2.45, 2.75) is 38.4 Å². The van der Waals surface area contributed by atoms with E-state index in [2.05, 4.69) is 10.2 Å². The van der Waals surface area contributed by atoms with Crippen molar-refractivity contribution >= 4 is 17.4 Å². The van der Waals surface area contributed by atoms with Gasteiger partial charge in [0.2, 0.25) is 0 Å². The van der Waals surface area contributed by atoms with Crippen molar-refractivity contribution in [1.82, 2.24) is 5.43 Å². The molecule has 0 heterocycles. The Bertz CT molecular complexity index is 224. The number of nitrogens with one attached hydrogen (secondary N) is 1. The number of nitrogens with two attached hydrogens (primary N) is 1. The van der Waals surface area contributed by atoms with E-state index in [1.807, 2.05) is 0 Å². The SMILES string of the molecule is NNC(=S)OCC1CCC(OC(F)F)CC1. The third-order valence-electron chi connectivity index (χ3n) is 2.66. The Labute approximate surface area is 98.4 Å². The first-order valence-corrected chi connectivity index (χ1v) is 5.59. The van der Waals surface area contributed by atoms with E-state index in [-0.39, 0.29) is 11.3 Å². The molecule has 0 aromatic carbocycles. The molecular weight excluding hydrogens is 238 g/mol. The zero-order valence-electron chi connectivity index (χ0n) is 8.83. The molecule has 0 radical (unpaired) electrons. The fourth-order valence-electron chi connectivity index (χ4n) is 1.82. The van der Waals surface area contributed by atoms with Gasteiger partial charge in [0.1, 0.15) is 0 Å². The number of halogens is 2. The Morgan fingerprint density at radius 2 is 2.00 bits per heavy atom. The standard InChI is InChI=1S/C9H16F2N2O2S/c10-8(11)15-7-3-1-6(2-4-7)5-14-9(16)13-12/h6-8H,1-5,12H2,(H,13,16). The average Bonchev–Trinajstić information content (AvgIpc) is 2.27. The van der Waals surface area contributed by atoms with Crippen LogP contribution in [0.3, 0.4) is 0 Å². The van der Waals surface area contributed by atoms with Crippen LogP contribution < -0.4 is 11.3 Å². The highest BCUT2D eigenvalue weighted by Crippen LogP contribution is 2.27. The van der Waals surface area contributed by atoms with Gasteiger partial charge in [-0.15, -0.1) is 0 Å². The lowest BCUT2D eigenvalue weighted by molar-refractivity contribution is -0.171. The first-order chi connectivity index (χ1) is 7.61. The summed E-state index contributed by atoms with van der Waals surface area (Å²) in [5, 5.41) is 0.158. The molecule has 4 nitrogen and oxygen atoms in total. The highest BCUT2D eigenvalue weighted by molar-refractivity contribution is 7.80. The van der Waals surface area contributed by atoms with E-state index in [1.165, 1.54) is 0 Å². The van der Waals surface area contributed by atoms with Gasteiger partial charge >= 0.3 is 6.61 Å². The first kappa shape index (κ1) is 13.5. The van der Waals surface area contributed by atoms with Crippen LogP contribution in [-0.4, -0.2) is 24.5 Å². The smallest absolute Gasteiger partial charge is 0.345 e. The van der Waals surface area contributed by atoms with E-state index >= 15 is 0 Å². The molecule has 7 heteroatoms. The molecule has 3 N–H and O–H groups in total. The van der Waals surface area contributed by atoms with Crippen LogP contribution in [0.5, 0.6) is 0 Å². The minimum Gasteiger partial charge on any atom is -0.470 e. The molecule has 1 rings (SSSR count).